The summed E-state index contributed by atoms with van der Waals surface area (Å²) in [5.41, 5.74) is 1.70. The Morgan fingerprint density at radius 1 is 1.04 bits per heavy atom. The third kappa shape index (κ3) is 3.88. The molecule has 4 nitrogen and oxygen atoms in total. The molecule has 2 aliphatic rings. The Bertz CT molecular complexity index is 815. The number of ether oxygens (including phenoxy) is 1. The van der Waals surface area contributed by atoms with Crippen molar-refractivity contribution in [3.8, 4) is 0 Å². The van der Waals surface area contributed by atoms with Gasteiger partial charge in [0.1, 0.15) is 12.4 Å². The van der Waals surface area contributed by atoms with Gasteiger partial charge in [-0.2, -0.15) is 0 Å². The van der Waals surface area contributed by atoms with Gasteiger partial charge in [0, 0.05) is 36.6 Å². The minimum absolute atomic E-state index is 0.0603. The number of hydrogen-bond donors (Lipinski definition) is 0. The van der Waals surface area contributed by atoms with Crippen LogP contribution in [0, 0.1) is 5.82 Å². The highest BCUT2D eigenvalue weighted by atomic mass is 35.5. The first kappa shape index (κ1) is 18.1. The topological polar surface area (TPSA) is 32.8 Å². The summed E-state index contributed by atoms with van der Waals surface area (Å²) in [6, 6.07) is 14.5. The molecule has 1 aliphatic carbocycles. The minimum Gasteiger partial charge on any atom is -0.448 e. The van der Waals surface area contributed by atoms with Crippen LogP contribution in [0.5, 0.6) is 0 Å². The number of anilines is 1. The van der Waals surface area contributed by atoms with E-state index in [9.17, 15) is 9.18 Å². The molecule has 0 atom stereocenters. The summed E-state index contributed by atoms with van der Waals surface area (Å²) >= 11 is 5.96. The quantitative estimate of drug-likeness (QED) is 0.774. The third-order valence-corrected chi connectivity index (χ3v) is 5.77. The molecule has 2 aromatic carbocycles. The molecule has 142 valence electrons. The SMILES string of the molecule is O=C(OCC1(c2ccc(Cl)cc2)CC1)N1CCN(c2ccccc2F)CC1. The molecule has 1 heterocycles. The van der Waals surface area contributed by atoms with Gasteiger partial charge >= 0.3 is 6.09 Å². The Balaban J connectivity index is 1.30. The average Bonchev–Trinajstić information content (AvgIpc) is 3.48. The van der Waals surface area contributed by atoms with E-state index in [0.717, 1.165) is 12.8 Å². The van der Waals surface area contributed by atoms with Gasteiger partial charge in [-0.05, 0) is 42.7 Å². The molecule has 0 N–H and O–H groups in total. The minimum atomic E-state index is -0.288. The summed E-state index contributed by atoms with van der Waals surface area (Å²) in [6.45, 7) is 2.64. The van der Waals surface area contributed by atoms with Gasteiger partial charge in [-0.25, -0.2) is 9.18 Å². The maximum absolute atomic E-state index is 13.9. The summed E-state index contributed by atoms with van der Waals surface area (Å²) in [4.78, 5) is 16.1. The summed E-state index contributed by atoms with van der Waals surface area (Å²) < 4.78 is 19.5. The molecule has 4 rings (SSSR count). The molecular formula is C21H22ClFN2O2. The maximum Gasteiger partial charge on any atom is 0.409 e. The van der Waals surface area contributed by atoms with Crippen molar-refractivity contribution in [3.05, 3.63) is 64.9 Å². The van der Waals surface area contributed by atoms with Crippen LogP contribution >= 0.6 is 11.6 Å². The number of carbonyl (C=O) groups excluding carboxylic acids is 1. The number of rotatable bonds is 4. The molecule has 27 heavy (non-hydrogen) atoms. The van der Waals surface area contributed by atoms with Crippen molar-refractivity contribution in [2.45, 2.75) is 18.3 Å². The molecular weight excluding hydrogens is 367 g/mol. The van der Waals surface area contributed by atoms with Crippen LogP contribution in [-0.2, 0) is 10.2 Å². The average molecular weight is 389 g/mol. The lowest BCUT2D eigenvalue weighted by atomic mass is 9.97. The second-order valence-electron chi connectivity index (χ2n) is 7.27. The lowest BCUT2D eigenvalue weighted by molar-refractivity contribution is 0.0916. The third-order valence-electron chi connectivity index (χ3n) is 5.51. The number of amides is 1. The van der Waals surface area contributed by atoms with Gasteiger partial charge in [0.05, 0.1) is 5.69 Å². The van der Waals surface area contributed by atoms with E-state index in [1.165, 1.54) is 11.6 Å². The van der Waals surface area contributed by atoms with Gasteiger partial charge in [0.15, 0.2) is 0 Å². The van der Waals surface area contributed by atoms with Crippen molar-refractivity contribution in [2.24, 2.45) is 0 Å². The summed E-state index contributed by atoms with van der Waals surface area (Å²) in [5, 5.41) is 0.708. The Labute approximate surface area is 163 Å². The van der Waals surface area contributed by atoms with Gasteiger partial charge in [0.25, 0.3) is 0 Å². The maximum atomic E-state index is 13.9. The zero-order valence-electron chi connectivity index (χ0n) is 15.0. The monoisotopic (exact) mass is 388 g/mol. The Morgan fingerprint density at radius 3 is 2.33 bits per heavy atom. The summed E-state index contributed by atoms with van der Waals surface area (Å²) in [6.07, 6.45) is 1.75. The fraction of sp³-hybridized carbons (Fsp3) is 0.381. The van der Waals surface area contributed by atoms with Crippen LogP contribution in [0.1, 0.15) is 18.4 Å². The highest BCUT2D eigenvalue weighted by Crippen LogP contribution is 2.48. The van der Waals surface area contributed by atoms with Gasteiger partial charge in [-0.15, -0.1) is 0 Å². The van der Waals surface area contributed by atoms with E-state index in [0.29, 0.717) is 43.5 Å². The summed E-state index contributed by atoms with van der Waals surface area (Å²) in [7, 11) is 0. The first-order chi connectivity index (χ1) is 13.1. The number of carbonyl (C=O) groups is 1. The van der Waals surface area contributed by atoms with Gasteiger partial charge in [-0.3, -0.25) is 0 Å². The zero-order valence-corrected chi connectivity index (χ0v) is 15.8. The van der Waals surface area contributed by atoms with E-state index in [2.05, 4.69) is 0 Å². The molecule has 0 radical (unpaired) electrons. The Morgan fingerprint density at radius 2 is 1.70 bits per heavy atom. The van der Waals surface area contributed by atoms with Crippen molar-refractivity contribution in [1.82, 2.24) is 4.90 Å². The number of piperazine rings is 1. The van der Waals surface area contributed by atoms with E-state index in [4.69, 9.17) is 16.3 Å². The van der Waals surface area contributed by atoms with E-state index in [-0.39, 0.29) is 17.3 Å². The van der Waals surface area contributed by atoms with Crippen molar-refractivity contribution in [2.75, 3.05) is 37.7 Å². The van der Waals surface area contributed by atoms with Crippen LogP contribution in [0.2, 0.25) is 5.02 Å². The molecule has 1 amide bonds. The van der Waals surface area contributed by atoms with Gasteiger partial charge in [0.2, 0.25) is 0 Å². The number of benzene rings is 2. The molecule has 1 aliphatic heterocycles. The van der Waals surface area contributed by atoms with Crippen molar-refractivity contribution in [3.63, 3.8) is 0 Å². The van der Waals surface area contributed by atoms with Crippen molar-refractivity contribution in [1.29, 1.82) is 0 Å². The molecule has 1 saturated heterocycles. The molecule has 2 fully saturated rings. The largest absolute Gasteiger partial charge is 0.448 e. The van der Waals surface area contributed by atoms with E-state index in [1.54, 1.807) is 17.0 Å². The summed E-state index contributed by atoms with van der Waals surface area (Å²) in [5.74, 6) is -0.229. The lowest BCUT2D eigenvalue weighted by Gasteiger charge is -2.35. The van der Waals surface area contributed by atoms with Crippen LogP contribution < -0.4 is 4.90 Å². The highest BCUT2D eigenvalue weighted by Gasteiger charge is 2.45. The molecule has 1 saturated carbocycles. The lowest BCUT2D eigenvalue weighted by Crippen LogP contribution is -2.49. The fourth-order valence-corrected chi connectivity index (χ4v) is 3.73. The van der Waals surface area contributed by atoms with Crippen LogP contribution in [-0.4, -0.2) is 43.8 Å². The standard InChI is InChI=1S/C21H22ClFN2O2/c22-17-7-5-16(6-8-17)21(9-10-21)15-27-20(26)25-13-11-24(12-14-25)19-4-2-1-3-18(19)23/h1-8H,9-15H2. The zero-order chi connectivity index (χ0) is 18.9. The molecule has 0 unspecified atom stereocenters. The van der Waals surface area contributed by atoms with Crippen LogP contribution in [0.25, 0.3) is 0 Å². The van der Waals surface area contributed by atoms with E-state index in [1.807, 2.05) is 35.2 Å². The van der Waals surface area contributed by atoms with E-state index < -0.39 is 0 Å². The van der Waals surface area contributed by atoms with Crippen LogP contribution in [0.4, 0.5) is 14.9 Å². The first-order valence-corrected chi connectivity index (χ1v) is 9.62. The Kier molecular flexibility index (Phi) is 4.96. The van der Waals surface area contributed by atoms with Crippen molar-refractivity contribution < 1.29 is 13.9 Å². The molecule has 2 aromatic rings. The fourth-order valence-electron chi connectivity index (χ4n) is 3.60. The Hall–Kier alpha value is -2.27. The van der Waals surface area contributed by atoms with Crippen molar-refractivity contribution >= 4 is 23.4 Å². The van der Waals surface area contributed by atoms with Gasteiger partial charge in [-0.1, -0.05) is 35.9 Å². The number of nitrogens with zero attached hydrogens (tertiary/aromatic N) is 2. The second-order valence-corrected chi connectivity index (χ2v) is 7.70. The van der Waals surface area contributed by atoms with Crippen LogP contribution in [0.3, 0.4) is 0 Å². The second kappa shape index (κ2) is 7.39. The van der Waals surface area contributed by atoms with Crippen LogP contribution in [0.15, 0.2) is 48.5 Å². The first-order valence-electron chi connectivity index (χ1n) is 9.25. The molecule has 6 heteroatoms. The molecule has 0 spiro atoms. The number of hydrogen-bond acceptors (Lipinski definition) is 3. The predicted molar refractivity (Wildman–Crippen MR) is 104 cm³/mol. The van der Waals surface area contributed by atoms with E-state index >= 15 is 0 Å². The predicted octanol–water partition coefficient (Wildman–Crippen LogP) is 4.47. The smallest absolute Gasteiger partial charge is 0.409 e. The molecule has 0 aromatic heterocycles. The number of halogens is 2. The highest BCUT2D eigenvalue weighted by molar-refractivity contribution is 6.30. The van der Waals surface area contributed by atoms with Gasteiger partial charge < -0.3 is 14.5 Å². The number of para-hydroxylation sites is 1. The molecule has 0 bridgehead atoms. The normalized spacial score (nSPS) is 18.3.